The summed E-state index contributed by atoms with van der Waals surface area (Å²) in [6, 6.07) is 0.266. The first-order valence-electron chi connectivity index (χ1n) is 5.85. The predicted molar refractivity (Wildman–Crippen MR) is 75.5 cm³/mol. The highest BCUT2D eigenvalue weighted by atomic mass is 32.2. The quantitative estimate of drug-likeness (QED) is 0.826. The van der Waals surface area contributed by atoms with E-state index in [1.54, 1.807) is 11.3 Å². The normalized spacial score (nSPS) is 26.6. The lowest BCUT2D eigenvalue weighted by atomic mass is 10.2. The van der Waals surface area contributed by atoms with E-state index in [1.807, 2.05) is 12.3 Å². The lowest BCUT2D eigenvalue weighted by Gasteiger charge is -2.27. The van der Waals surface area contributed by atoms with E-state index >= 15 is 0 Å². The van der Waals surface area contributed by atoms with Crippen molar-refractivity contribution >= 4 is 31.5 Å². The second-order valence-corrected chi connectivity index (χ2v) is 8.53. The van der Waals surface area contributed by atoms with Gasteiger partial charge in [-0.1, -0.05) is 0 Å². The Balaban J connectivity index is 2.01. The standard InChI is InChI=1S/C12H17NO2S2/c1-9-8-16-12(11(9)15)17(5-6-17)13-4-2-3-10(13)7-14/h5-6,8,10,14-15H,2-4,7H2,1H3/t10-/m1/s1. The van der Waals surface area contributed by atoms with E-state index < -0.39 is 9.39 Å². The third kappa shape index (κ3) is 1.64. The van der Waals surface area contributed by atoms with Crippen LogP contribution in [0.3, 0.4) is 0 Å². The number of hydrogen-bond donors (Lipinski definition) is 2. The molecule has 0 aromatic carbocycles. The Morgan fingerprint density at radius 3 is 2.82 bits per heavy atom. The molecule has 0 bridgehead atoms. The number of thiophene rings is 1. The first-order chi connectivity index (χ1) is 8.19. The number of aryl methyl sites for hydroxylation is 1. The smallest absolute Gasteiger partial charge is 0.143 e. The molecule has 3 nitrogen and oxygen atoms in total. The Labute approximate surface area is 106 Å². The molecule has 2 aliphatic heterocycles. The van der Waals surface area contributed by atoms with Crippen molar-refractivity contribution in [3.63, 3.8) is 0 Å². The molecule has 3 heterocycles. The van der Waals surface area contributed by atoms with Crippen LogP contribution in [0.25, 0.3) is 0 Å². The van der Waals surface area contributed by atoms with Crippen molar-refractivity contribution < 1.29 is 10.2 Å². The zero-order valence-corrected chi connectivity index (χ0v) is 11.4. The van der Waals surface area contributed by atoms with Crippen LogP contribution in [0, 0.1) is 6.92 Å². The van der Waals surface area contributed by atoms with Gasteiger partial charge in [0.15, 0.2) is 0 Å². The summed E-state index contributed by atoms with van der Waals surface area (Å²) >= 11 is 1.65. The van der Waals surface area contributed by atoms with Gasteiger partial charge in [-0.2, -0.15) is 0 Å². The predicted octanol–water partition coefficient (Wildman–Crippen LogP) is 1.92. The molecule has 0 unspecified atom stereocenters. The van der Waals surface area contributed by atoms with Gasteiger partial charge < -0.3 is 10.2 Å². The van der Waals surface area contributed by atoms with E-state index in [2.05, 4.69) is 15.0 Å². The number of hydrogen-bond acceptors (Lipinski definition) is 4. The van der Waals surface area contributed by atoms with Crippen LogP contribution < -0.4 is 0 Å². The van der Waals surface area contributed by atoms with E-state index in [9.17, 15) is 10.2 Å². The fourth-order valence-electron chi connectivity index (χ4n) is 2.47. The van der Waals surface area contributed by atoms with E-state index in [1.165, 1.54) is 0 Å². The molecule has 94 valence electrons. The average molecular weight is 271 g/mol. The summed E-state index contributed by atoms with van der Waals surface area (Å²) in [7, 11) is -1.17. The van der Waals surface area contributed by atoms with Crippen molar-refractivity contribution in [1.29, 1.82) is 0 Å². The number of rotatable bonds is 3. The first kappa shape index (κ1) is 11.6. The Bertz CT molecular complexity index is 553. The molecule has 1 fully saturated rings. The molecular formula is C12H17NO2S2. The molecule has 17 heavy (non-hydrogen) atoms. The molecule has 1 aromatic rings. The molecule has 5 heteroatoms. The largest absolute Gasteiger partial charge is 0.506 e. The Morgan fingerprint density at radius 2 is 2.29 bits per heavy atom. The summed E-state index contributed by atoms with van der Waals surface area (Å²) in [6.07, 6.45) is 2.21. The third-order valence-corrected chi connectivity index (χ3v) is 8.32. The van der Waals surface area contributed by atoms with Gasteiger partial charge in [-0.05, 0) is 35.9 Å². The van der Waals surface area contributed by atoms with E-state index in [-0.39, 0.29) is 12.6 Å². The van der Waals surface area contributed by atoms with Gasteiger partial charge in [-0.3, -0.25) is 4.31 Å². The molecule has 0 radical (unpaired) electrons. The maximum absolute atomic E-state index is 10.1. The first-order valence-corrected chi connectivity index (χ1v) is 8.45. The molecule has 2 aliphatic rings. The third-order valence-electron chi connectivity index (χ3n) is 3.52. The minimum atomic E-state index is -1.17. The molecule has 1 atom stereocenters. The Morgan fingerprint density at radius 1 is 1.53 bits per heavy atom. The average Bonchev–Trinajstić information content (AvgIpc) is 2.84. The summed E-state index contributed by atoms with van der Waals surface area (Å²) in [6.45, 7) is 3.20. The summed E-state index contributed by atoms with van der Waals surface area (Å²) in [4.78, 5) is 0. The van der Waals surface area contributed by atoms with E-state index in [4.69, 9.17) is 0 Å². The van der Waals surface area contributed by atoms with Crippen LogP contribution in [0.1, 0.15) is 18.4 Å². The molecule has 0 spiro atoms. The Hall–Kier alpha value is -0.490. The molecule has 3 rings (SSSR count). The number of aliphatic hydroxyl groups excluding tert-OH is 1. The molecule has 1 saturated heterocycles. The fraction of sp³-hybridized carbons (Fsp3) is 0.500. The van der Waals surface area contributed by atoms with Crippen LogP contribution in [0.2, 0.25) is 0 Å². The van der Waals surface area contributed by atoms with Gasteiger partial charge in [0.2, 0.25) is 0 Å². The van der Waals surface area contributed by atoms with E-state index in [0.29, 0.717) is 5.75 Å². The highest BCUT2D eigenvalue weighted by molar-refractivity contribution is 8.37. The SMILES string of the molecule is Cc1csc(S2(N3CCC[C@@H]3CO)=CC=2)c1O. The fourth-order valence-corrected chi connectivity index (χ4v) is 7.29. The van der Waals surface area contributed by atoms with Crippen LogP contribution in [-0.4, -0.2) is 44.4 Å². The second-order valence-electron chi connectivity index (χ2n) is 4.62. The lowest BCUT2D eigenvalue weighted by Crippen LogP contribution is -2.27. The topological polar surface area (TPSA) is 43.7 Å². The maximum atomic E-state index is 10.1. The molecule has 0 aliphatic carbocycles. The minimum Gasteiger partial charge on any atom is -0.506 e. The summed E-state index contributed by atoms with van der Waals surface area (Å²) in [5, 5.41) is 26.0. The maximum Gasteiger partial charge on any atom is 0.143 e. The summed E-state index contributed by atoms with van der Waals surface area (Å²) in [5.41, 5.74) is 0.963. The van der Waals surface area contributed by atoms with Crippen molar-refractivity contribution in [2.45, 2.75) is 30.0 Å². The van der Waals surface area contributed by atoms with E-state index in [0.717, 1.165) is 29.2 Å². The van der Waals surface area contributed by atoms with Crippen LogP contribution in [0.5, 0.6) is 5.75 Å². The van der Waals surface area contributed by atoms with Gasteiger partial charge in [0.1, 0.15) is 9.96 Å². The summed E-state index contributed by atoms with van der Waals surface area (Å²) < 4.78 is 3.49. The molecule has 0 saturated carbocycles. The Kier molecular flexibility index (Phi) is 2.74. The van der Waals surface area contributed by atoms with Crippen molar-refractivity contribution in [3.05, 3.63) is 10.9 Å². The molecule has 2 N–H and O–H groups in total. The molecule has 0 amide bonds. The van der Waals surface area contributed by atoms with Crippen LogP contribution in [-0.2, 0) is 0 Å². The van der Waals surface area contributed by atoms with Crippen molar-refractivity contribution in [3.8, 4) is 5.75 Å². The van der Waals surface area contributed by atoms with Gasteiger partial charge in [0, 0.05) is 18.2 Å². The van der Waals surface area contributed by atoms with Crippen molar-refractivity contribution in [2.24, 2.45) is 0 Å². The van der Waals surface area contributed by atoms with Gasteiger partial charge in [-0.15, -0.1) is 20.7 Å². The van der Waals surface area contributed by atoms with Crippen molar-refractivity contribution in [1.82, 2.24) is 4.31 Å². The summed E-state index contributed by atoms with van der Waals surface area (Å²) in [5.74, 6) is 0.457. The number of aliphatic hydroxyl groups is 1. The minimum absolute atomic E-state index is 0.224. The zero-order valence-electron chi connectivity index (χ0n) is 9.80. The van der Waals surface area contributed by atoms with Crippen LogP contribution >= 0.6 is 20.7 Å². The van der Waals surface area contributed by atoms with Gasteiger partial charge in [-0.25, -0.2) is 0 Å². The number of aromatic hydroxyl groups is 1. The van der Waals surface area contributed by atoms with Gasteiger partial charge in [0.05, 0.1) is 6.61 Å². The second kappa shape index (κ2) is 4.02. The van der Waals surface area contributed by atoms with Crippen molar-refractivity contribution in [2.75, 3.05) is 13.2 Å². The van der Waals surface area contributed by atoms with Gasteiger partial charge >= 0.3 is 0 Å². The van der Waals surface area contributed by atoms with Crippen LogP contribution in [0.4, 0.5) is 0 Å². The molecular weight excluding hydrogens is 254 g/mol. The zero-order chi connectivity index (χ0) is 12.0. The lowest BCUT2D eigenvalue weighted by molar-refractivity contribution is 0.220. The number of nitrogens with zero attached hydrogens (tertiary/aromatic N) is 1. The highest BCUT2D eigenvalue weighted by Crippen LogP contribution is 2.55. The van der Waals surface area contributed by atoms with Crippen LogP contribution in [0.15, 0.2) is 9.59 Å². The van der Waals surface area contributed by atoms with Gasteiger partial charge in [0.25, 0.3) is 0 Å². The molecule has 1 aromatic heterocycles. The highest BCUT2D eigenvalue weighted by Gasteiger charge is 2.35. The monoisotopic (exact) mass is 271 g/mol.